The number of hydrogen-bond donors (Lipinski definition) is 1. The van der Waals surface area contributed by atoms with Crippen LogP contribution in [0.25, 0.3) is 9.88 Å². The molecule has 0 aliphatic rings. The van der Waals surface area contributed by atoms with Crippen LogP contribution in [-0.4, -0.2) is 22.8 Å². The first kappa shape index (κ1) is 12.7. The van der Waals surface area contributed by atoms with Crippen molar-refractivity contribution in [3.8, 4) is 9.88 Å². The van der Waals surface area contributed by atoms with Gasteiger partial charge in [-0.05, 0) is 19.1 Å². The van der Waals surface area contributed by atoms with Crippen molar-refractivity contribution in [3.05, 3.63) is 22.0 Å². The summed E-state index contributed by atoms with van der Waals surface area (Å²) in [4.78, 5) is 2.54. The van der Waals surface area contributed by atoms with Gasteiger partial charge in [0.2, 0.25) is 0 Å². The number of nitrogens with one attached hydrogen (secondary N) is 1. The van der Waals surface area contributed by atoms with E-state index in [1.165, 1.54) is 9.75 Å². The molecule has 0 spiro atoms. The fraction of sp³-hybridized carbons (Fsp3) is 0.500. The second-order valence-electron chi connectivity index (χ2n) is 4.27. The van der Waals surface area contributed by atoms with Gasteiger partial charge in [0.25, 0.3) is 0 Å². The summed E-state index contributed by atoms with van der Waals surface area (Å²) in [5.41, 5.74) is 0. The Morgan fingerprint density at radius 1 is 1.24 bits per heavy atom. The Labute approximate surface area is 110 Å². The topological polar surface area (TPSA) is 37.8 Å². The highest BCUT2D eigenvalue weighted by atomic mass is 32.1. The van der Waals surface area contributed by atoms with E-state index in [0.717, 1.165) is 23.0 Å². The first-order valence-electron chi connectivity index (χ1n) is 5.77. The molecule has 0 aromatic carbocycles. The Balaban J connectivity index is 1.96. The first-order chi connectivity index (χ1) is 8.15. The van der Waals surface area contributed by atoms with Gasteiger partial charge in [0.1, 0.15) is 5.01 Å². The third-order valence-electron chi connectivity index (χ3n) is 2.31. The Morgan fingerprint density at radius 2 is 2.06 bits per heavy atom. The molecular formula is C12H17N3S2. The van der Waals surface area contributed by atoms with E-state index in [4.69, 9.17) is 0 Å². The van der Waals surface area contributed by atoms with E-state index >= 15 is 0 Å². The zero-order valence-electron chi connectivity index (χ0n) is 10.4. The zero-order valence-corrected chi connectivity index (χ0v) is 12.0. The summed E-state index contributed by atoms with van der Waals surface area (Å²) in [7, 11) is 0. The van der Waals surface area contributed by atoms with Crippen LogP contribution >= 0.6 is 22.7 Å². The SMILES string of the molecule is Cc1ccc(-c2nnc(CCNC(C)C)s2)s1. The molecule has 0 saturated heterocycles. The average Bonchev–Trinajstić information content (AvgIpc) is 2.86. The Hall–Kier alpha value is -0.780. The van der Waals surface area contributed by atoms with Crippen LogP contribution in [0.3, 0.4) is 0 Å². The van der Waals surface area contributed by atoms with E-state index in [1.807, 2.05) is 0 Å². The summed E-state index contributed by atoms with van der Waals surface area (Å²) >= 11 is 3.47. The van der Waals surface area contributed by atoms with Gasteiger partial charge in [-0.25, -0.2) is 0 Å². The molecule has 2 aromatic rings. The average molecular weight is 267 g/mol. The predicted octanol–water partition coefficient (Wildman–Crippen LogP) is 3.12. The maximum Gasteiger partial charge on any atom is 0.157 e. The molecule has 2 aromatic heterocycles. The van der Waals surface area contributed by atoms with E-state index in [1.54, 1.807) is 22.7 Å². The summed E-state index contributed by atoms with van der Waals surface area (Å²) in [5.74, 6) is 0. The Kier molecular flexibility index (Phi) is 4.25. The molecule has 1 N–H and O–H groups in total. The first-order valence-corrected chi connectivity index (χ1v) is 7.41. The second kappa shape index (κ2) is 5.71. The standard InChI is InChI=1S/C12H17N3S2/c1-8(2)13-7-6-11-14-15-12(17-11)10-5-4-9(3)16-10/h4-5,8,13H,6-7H2,1-3H3. The van der Waals surface area contributed by atoms with Gasteiger partial charge in [0, 0.05) is 23.9 Å². The molecule has 0 unspecified atom stereocenters. The molecule has 0 amide bonds. The quantitative estimate of drug-likeness (QED) is 0.904. The Bertz CT molecular complexity index is 474. The van der Waals surface area contributed by atoms with E-state index in [2.05, 4.69) is 48.4 Å². The van der Waals surface area contributed by atoms with Crippen LogP contribution < -0.4 is 5.32 Å². The van der Waals surface area contributed by atoms with E-state index < -0.39 is 0 Å². The van der Waals surface area contributed by atoms with Gasteiger partial charge in [-0.2, -0.15) is 0 Å². The van der Waals surface area contributed by atoms with Gasteiger partial charge in [0.15, 0.2) is 5.01 Å². The maximum atomic E-state index is 4.25. The highest BCUT2D eigenvalue weighted by Crippen LogP contribution is 2.29. The molecule has 2 rings (SSSR count). The third-order valence-corrected chi connectivity index (χ3v) is 4.46. The lowest BCUT2D eigenvalue weighted by molar-refractivity contribution is 0.588. The molecule has 0 aliphatic carbocycles. The highest BCUT2D eigenvalue weighted by Gasteiger charge is 2.08. The number of aryl methyl sites for hydroxylation is 1. The van der Waals surface area contributed by atoms with Crippen LogP contribution in [0.5, 0.6) is 0 Å². The summed E-state index contributed by atoms with van der Waals surface area (Å²) in [6, 6.07) is 4.78. The molecule has 0 bridgehead atoms. The lowest BCUT2D eigenvalue weighted by atomic mass is 10.3. The lowest BCUT2D eigenvalue weighted by Crippen LogP contribution is -2.24. The number of thiophene rings is 1. The second-order valence-corrected chi connectivity index (χ2v) is 6.62. The van der Waals surface area contributed by atoms with Gasteiger partial charge in [-0.1, -0.05) is 25.2 Å². The maximum absolute atomic E-state index is 4.25. The number of rotatable bonds is 5. The smallest absolute Gasteiger partial charge is 0.157 e. The van der Waals surface area contributed by atoms with Crippen LogP contribution in [0.1, 0.15) is 23.7 Å². The number of hydrogen-bond acceptors (Lipinski definition) is 5. The van der Waals surface area contributed by atoms with Crippen molar-refractivity contribution in [1.82, 2.24) is 15.5 Å². The van der Waals surface area contributed by atoms with Gasteiger partial charge >= 0.3 is 0 Å². The minimum atomic E-state index is 0.530. The third kappa shape index (κ3) is 3.59. The van der Waals surface area contributed by atoms with Crippen molar-refractivity contribution < 1.29 is 0 Å². The van der Waals surface area contributed by atoms with Gasteiger partial charge in [-0.15, -0.1) is 21.5 Å². The molecule has 17 heavy (non-hydrogen) atoms. The van der Waals surface area contributed by atoms with E-state index in [0.29, 0.717) is 6.04 Å². The summed E-state index contributed by atoms with van der Waals surface area (Å²) < 4.78 is 0. The minimum absolute atomic E-state index is 0.530. The van der Waals surface area contributed by atoms with E-state index in [9.17, 15) is 0 Å². The van der Waals surface area contributed by atoms with Crippen molar-refractivity contribution in [2.24, 2.45) is 0 Å². The van der Waals surface area contributed by atoms with Gasteiger partial charge in [0.05, 0.1) is 4.88 Å². The number of aromatic nitrogens is 2. The normalized spacial score (nSPS) is 11.3. The van der Waals surface area contributed by atoms with Crippen molar-refractivity contribution >= 4 is 22.7 Å². The van der Waals surface area contributed by atoms with Crippen LogP contribution in [0.4, 0.5) is 0 Å². The fourth-order valence-corrected chi connectivity index (χ4v) is 3.23. The van der Waals surface area contributed by atoms with E-state index in [-0.39, 0.29) is 0 Å². The summed E-state index contributed by atoms with van der Waals surface area (Å²) in [6.45, 7) is 7.39. The van der Waals surface area contributed by atoms with Gasteiger partial charge < -0.3 is 5.32 Å². The van der Waals surface area contributed by atoms with Crippen LogP contribution in [0.2, 0.25) is 0 Å². The zero-order chi connectivity index (χ0) is 12.3. The highest BCUT2D eigenvalue weighted by molar-refractivity contribution is 7.21. The van der Waals surface area contributed by atoms with Crippen LogP contribution in [0, 0.1) is 6.92 Å². The summed E-state index contributed by atoms with van der Waals surface area (Å²) in [6.07, 6.45) is 0.959. The lowest BCUT2D eigenvalue weighted by Gasteiger charge is -2.04. The molecule has 5 heteroatoms. The molecule has 92 valence electrons. The molecule has 0 radical (unpaired) electrons. The molecule has 3 nitrogen and oxygen atoms in total. The van der Waals surface area contributed by atoms with Crippen molar-refractivity contribution in [2.45, 2.75) is 33.2 Å². The molecule has 0 aliphatic heterocycles. The predicted molar refractivity (Wildman–Crippen MR) is 74.8 cm³/mol. The van der Waals surface area contributed by atoms with Gasteiger partial charge in [-0.3, -0.25) is 0 Å². The Morgan fingerprint density at radius 3 is 2.71 bits per heavy atom. The molecular weight excluding hydrogens is 250 g/mol. The summed E-state index contributed by atoms with van der Waals surface area (Å²) in [5, 5.41) is 14.0. The largest absolute Gasteiger partial charge is 0.314 e. The number of nitrogens with zero attached hydrogens (tertiary/aromatic N) is 2. The molecule has 2 heterocycles. The minimum Gasteiger partial charge on any atom is -0.314 e. The molecule has 0 saturated carbocycles. The van der Waals surface area contributed by atoms with Crippen molar-refractivity contribution in [1.29, 1.82) is 0 Å². The van der Waals surface area contributed by atoms with Crippen LogP contribution in [-0.2, 0) is 6.42 Å². The monoisotopic (exact) mass is 267 g/mol. The molecule has 0 atom stereocenters. The van der Waals surface area contributed by atoms with Crippen molar-refractivity contribution in [2.75, 3.05) is 6.54 Å². The fourth-order valence-electron chi connectivity index (χ4n) is 1.47. The van der Waals surface area contributed by atoms with Crippen LogP contribution in [0.15, 0.2) is 12.1 Å². The molecule has 0 fully saturated rings. The van der Waals surface area contributed by atoms with Crippen molar-refractivity contribution in [3.63, 3.8) is 0 Å².